The molecule has 16 heavy (non-hydrogen) atoms. The zero-order valence-corrected chi connectivity index (χ0v) is 11.6. The summed E-state index contributed by atoms with van der Waals surface area (Å²) in [5, 5.41) is 9.39. The summed E-state index contributed by atoms with van der Waals surface area (Å²) >= 11 is 0. The van der Waals surface area contributed by atoms with Crippen LogP contribution < -0.4 is 0 Å². The topological polar surface area (TPSA) is 37.3 Å². The van der Waals surface area contributed by atoms with Crippen molar-refractivity contribution in [2.24, 2.45) is 5.92 Å². The summed E-state index contributed by atoms with van der Waals surface area (Å²) in [5.74, 6) is -0.625. The molecule has 0 heterocycles. The molecule has 3 heteroatoms. The fraction of sp³-hybridized carbons (Fsp3) is 0.462. The van der Waals surface area contributed by atoms with E-state index < -0.39 is 11.4 Å². The van der Waals surface area contributed by atoms with Gasteiger partial charge in [0.25, 0.3) is 0 Å². The second kappa shape index (κ2) is 6.26. The van der Waals surface area contributed by atoms with Crippen molar-refractivity contribution in [2.75, 3.05) is 0 Å². The Balaban J connectivity index is -0.000000750. The Morgan fingerprint density at radius 3 is 2.31 bits per heavy atom. The summed E-state index contributed by atoms with van der Waals surface area (Å²) in [4.78, 5) is 11.4. The van der Waals surface area contributed by atoms with Gasteiger partial charge in [0.15, 0.2) is 0 Å². The number of carboxylic acid groups (broad SMARTS) is 1. The van der Waals surface area contributed by atoms with Crippen molar-refractivity contribution in [1.82, 2.24) is 0 Å². The Labute approximate surface area is 116 Å². The van der Waals surface area contributed by atoms with Gasteiger partial charge in [0.2, 0.25) is 0 Å². The molecular weight excluding hydrogens is 212 g/mol. The van der Waals surface area contributed by atoms with Gasteiger partial charge in [0.1, 0.15) is 0 Å². The van der Waals surface area contributed by atoms with E-state index in [2.05, 4.69) is 0 Å². The normalized spacial score (nSPS) is 15.7. The molecule has 0 fully saturated rings. The molecule has 1 rings (SSSR count). The average Bonchev–Trinajstić information content (AvgIpc) is 2.27. The molecule has 1 aromatic rings. The number of benzene rings is 1. The molecule has 1 aromatic carbocycles. The van der Waals surface area contributed by atoms with Crippen molar-refractivity contribution in [3.8, 4) is 0 Å². The molecule has 0 radical (unpaired) electrons. The Morgan fingerprint density at radius 2 is 1.94 bits per heavy atom. The van der Waals surface area contributed by atoms with Gasteiger partial charge in [-0.1, -0.05) is 50.6 Å². The molecule has 0 aliphatic carbocycles. The van der Waals surface area contributed by atoms with Crippen LogP contribution in [0.1, 0.15) is 35.6 Å². The summed E-state index contributed by atoms with van der Waals surface area (Å²) < 4.78 is 0. The third kappa shape index (κ3) is 2.77. The van der Waals surface area contributed by atoms with Gasteiger partial charge in [-0.05, 0) is 18.4 Å². The van der Waals surface area contributed by atoms with Crippen molar-refractivity contribution in [2.45, 2.75) is 32.6 Å². The zero-order chi connectivity index (χ0) is 11.5. The molecule has 0 aliphatic heterocycles. The van der Waals surface area contributed by atoms with Crippen LogP contribution in [0.5, 0.6) is 0 Å². The molecule has 2 unspecified atom stereocenters. The van der Waals surface area contributed by atoms with E-state index in [4.69, 9.17) is 0 Å². The van der Waals surface area contributed by atoms with E-state index in [1.54, 1.807) is 6.92 Å². The van der Waals surface area contributed by atoms with E-state index in [0.29, 0.717) is 0 Å². The van der Waals surface area contributed by atoms with Crippen LogP contribution in [0.4, 0.5) is 0 Å². The molecule has 0 bridgehead atoms. The fourth-order valence-electron chi connectivity index (χ4n) is 1.81. The van der Waals surface area contributed by atoms with Gasteiger partial charge in [0.05, 0.1) is 5.41 Å². The standard InChI is InChI=1S/C13H18O2.Mg.2H/c1-4-10(2)13(3,12(14)15)11-8-6-5-7-9-11;;;/h5-10H,4H2,1-3H3,(H,14,15);;;/q;+2;2*-1. The number of aliphatic carboxylic acids is 1. The number of hydrogen-bond donors (Lipinski definition) is 1. The zero-order valence-electron chi connectivity index (χ0n) is 12.2. The molecule has 0 saturated carbocycles. The summed E-state index contributed by atoms with van der Waals surface area (Å²) in [6, 6.07) is 9.46. The molecule has 0 aliphatic rings. The first kappa shape index (κ1) is 15.5. The average molecular weight is 233 g/mol. The SMILES string of the molecule is CCC(C)C(C)(C(=O)O)c1ccccc1.[H-].[H-].[Mg+2]. The van der Waals surface area contributed by atoms with Crippen molar-refractivity contribution in [1.29, 1.82) is 0 Å². The van der Waals surface area contributed by atoms with E-state index in [-0.39, 0.29) is 31.8 Å². The first-order valence-electron chi connectivity index (χ1n) is 5.32. The second-order valence-corrected chi connectivity index (χ2v) is 4.18. The largest absolute Gasteiger partial charge is 2.00 e. The summed E-state index contributed by atoms with van der Waals surface area (Å²) in [7, 11) is 0. The first-order chi connectivity index (χ1) is 7.03. The number of hydrogen-bond acceptors (Lipinski definition) is 1. The predicted octanol–water partition coefficient (Wildman–Crippen LogP) is 2.92. The van der Waals surface area contributed by atoms with Gasteiger partial charge < -0.3 is 7.96 Å². The molecule has 2 atom stereocenters. The summed E-state index contributed by atoms with van der Waals surface area (Å²) in [5.41, 5.74) is 0.0996. The third-order valence-electron chi connectivity index (χ3n) is 3.42. The minimum Gasteiger partial charge on any atom is -1.00 e. The Morgan fingerprint density at radius 1 is 1.44 bits per heavy atom. The van der Waals surface area contributed by atoms with Crippen LogP contribution in [0, 0.1) is 5.92 Å². The van der Waals surface area contributed by atoms with Crippen LogP contribution in [0.25, 0.3) is 0 Å². The quantitative estimate of drug-likeness (QED) is 0.811. The predicted molar refractivity (Wildman–Crippen MR) is 68.9 cm³/mol. The van der Waals surface area contributed by atoms with Gasteiger partial charge in [-0.15, -0.1) is 0 Å². The maximum absolute atomic E-state index is 11.4. The molecule has 0 aromatic heterocycles. The van der Waals surface area contributed by atoms with E-state index in [9.17, 15) is 9.90 Å². The van der Waals surface area contributed by atoms with Crippen LogP contribution in [0.2, 0.25) is 0 Å². The van der Waals surface area contributed by atoms with Crippen LogP contribution in [0.15, 0.2) is 30.3 Å². The summed E-state index contributed by atoms with van der Waals surface area (Å²) in [6.07, 6.45) is 0.859. The van der Waals surface area contributed by atoms with Crippen molar-refractivity contribution in [3.63, 3.8) is 0 Å². The molecule has 2 nitrogen and oxygen atoms in total. The van der Waals surface area contributed by atoms with Gasteiger partial charge in [-0.3, -0.25) is 4.79 Å². The van der Waals surface area contributed by atoms with Gasteiger partial charge in [-0.2, -0.15) is 0 Å². The molecular formula is C13H20MgO2. The van der Waals surface area contributed by atoms with E-state index in [1.807, 2.05) is 44.2 Å². The van der Waals surface area contributed by atoms with Crippen molar-refractivity contribution < 1.29 is 12.8 Å². The fourth-order valence-corrected chi connectivity index (χ4v) is 1.81. The number of carbonyl (C=O) groups is 1. The van der Waals surface area contributed by atoms with E-state index in [0.717, 1.165) is 12.0 Å². The maximum Gasteiger partial charge on any atom is 2.00 e. The van der Waals surface area contributed by atoms with Crippen LogP contribution >= 0.6 is 0 Å². The van der Waals surface area contributed by atoms with E-state index >= 15 is 0 Å². The minimum absolute atomic E-state index is 0. The van der Waals surface area contributed by atoms with Crippen LogP contribution in [-0.4, -0.2) is 34.1 Å². The van der Waals surface area contributed by atoms with Gasteiger partial charge in [-0.25, -0.2) is 0 Å². The smallest absolute Gasteiger partial charge is 1.00 e. The Bertz CT molecular complexity index is 346. The van der Waals surface area contributed by atoms with Crippen LogP contribution in [0.3, 0.4) is 0 Å². The van der Waals surface area contributed by atoms with Gasteiger partial charge in [0, 0.05) is 0 Å². The maximum atomic E-state index is 11.4. The first-order valence-corrected chi connectivity index (χ1v) is 5.32. The van der Waals surface area contributed by atoms with E-state index in [1.165, 1.54) is 0 Å². The second-order valence-electron chi connectivity index (χ2n) is 4.18. The Hall–Kier alpha value is -0.544. The van der Waals surface area contributed by atoms with Crippen molar-refractivity contribution >= 4 is 29.0 Å². The Kier molecular flexibility index (Phi) is 6.04. The van der Waals surface area contributed by atoms with Crippen LogP contribution in [-0.2, 0) is 10.2 Å². The molecule has 0 saturated heterocycles. The molecule has 86 valence electrons. The molecule has 0 amide bonds. The number of carboxylic acids is 1. The third-order valence-corrected chi connectivity index (χ3v) is 3.42. The minimum atomic E-state index is -0.782. The monoisotopic (exact) mass is 232 g/mol. The summed E-state index contributed by atoms with van der Waals surface area (Å²) in [6.45, 7) is 5.81. The van der Waals surface area contributed by atoms with Crippen molar-refractivity contribution in [3.05, 3.63) is 35.9 Å². The number of rotatable bonds is 4. The molecule has 0 spiro atoms. The molecule has 1 N–H and O–H groups in total. The van der Waals surface area contributed by atoms with Gasteiger partial charge >= 0.3 is 29.0 Å².